The SMILES string of the molecule is OCC1CCCN1c1ccccc1. The molecule has 1 saturated heterocycles. The van der Waals surface area contributed by atoms with Crippen molar-refractivity contribution in [1.29, 1.82) is 0 Å². The number of benzene rings is 1. The van der Waals surface area contributed by atoms with Gasteiger partial charge in [0.15, 0.2) is 0 Å². The van der Waals surface area contributed by atoms with Crippen molar-refractivity contribution in [3.05, 3.63) is 30.3 Å². The second-order valence-corrected chi connectivity index (χ2v) is 3.51. The van der Waals surface area contributed by atoms with Gasteiger partial charge in [-0.2, -0.15) is 0 Å². The number of rotatable bonds is 2. The molecule has 2 nitrogen and oxygen atoms in total. The minimum atomic E-state index is 0.273. The normalized spacial score (nSPS) is 22.2. The van der Waals surface area contributed by atoms with E-state index in [1.807, 2.05) is 18.2 Å². The molecule has 1 aliphatic heterocycles. The topological polar surface area (TPSA) is 23.5 Å². The highest BCUT2D eigenvalue weighted by Crippen LogP contribution is 2.24. The van der Waals surface area contributed by atoms with Gasteiger partial charge in [0.05, 0.1) is 12.6 Å². The van der Waals surface area contributed by atoms with Crippen molar-refractivity contribution in [3.8, 4) is 0 Å². The van der Waals surface area contributed by atoms with E-state index in [1.165, 1.54) is 12.1 Å². The second-order valence-electron chi connectivity index (χ2n) is 3.51. The summed E-state index contributed by atoms with van der Waals surface area (Å²) in [5.74, 6) is 0. The quantitative estimate of drug-likeness (QED) is 0.742. The molecule has 0 spiro atoms. The molecule has 0 aliphatic carbocycles. The number of nitrogens with zero attached hydrogens (tertiary/aromatic N) is 1. The van der Waals surface area contributed by atoms with Crippen LogP contribution in [-0.4, -0.2) is 24.3 Å². The maximum atomic E-state index is 9.16. The minimum absolute atomic E-state index is 0.273. The Bertz CT molecular complexity index is 260. The van der Waals surface area contributed by atoms with E-state index in [1.54, 1.807) is 0 Å². The first kappa shape index (κ1) is 8.57. The lowest BCUT2D eigenvalue weighted by molar-refractivity contribution is 0.266. The summed E-state index contributed by atoms with van der Waals surface area (Å²) in [7, 11) is 0. The molecule has 1 aromatic carbocycles. The lowest BCUT2D eigenvalue weighted by Gasteiger charge is -2.24. The Morgan fingerprint density at radius 3 is 2.77 bits per heavy atom. The first-order chi connectivity index (χ1) is 6.42. The Morgan fingerprint density at radius 1 is 1.31 bits per heavy atom. The van der Waals surface area contributed by atoms with Crippen molar-refractivity contribution in [1.82, 2.24) is 0 Å². The highest BCUT2D eigenvalue weighted by Gasteiger charge is 2.23. The fourth-order valence-electron chi connectivity index (χ4n) is 1.98. The monoisotopic (exact) mass is 177 g/mol. The largest absolute Gasteiger partial charge is 0.394 e. The molecular formula is C11H15NO. The summed E-state index contributed by atoms with van der Waals surface area (Å²) >= 11 is 0. The molecule has 0 bridgehead atoms. The van der Waals surface area contributed by atoms with Crippen LogP contribution in [0, 0.1) is 0 Å². The third-order valence-electron chi connectivity index (χ3n) is 2.68. The van der Waals surface area contributed by atoms with Crippen LogP contribution < -0.4 is 4.90 Å². The Hall–Kier alpha value is -1.02. The van der Waals surface area contributed by atoms with Crippen LogP contribution in [0.3, 0.4) is 0 Å². The molecule has 1 unspecified atom stereocenters. The van der Waals surface area contributed by atoms with Crippen LogP contribution in [0.5, 0.6) is 0 Å². The van der Waals surface area contributed by atoms with Crippen LogP contribution in [0.1, 0.15) is 12.8 Å². The zero-order valence-corrected chi connectivity index (χ0v) is 7.69. The van der Waals surface area contributed by atoms with E-state index >= 15 is 0 Å². The Labute approximate surface area is 78.8 Å². The summed E-state index contributed by atoms with van der Waals surface area (Å²) in [6.45, 7) is 1.35. The number of para-hydroxylation sites is 1. The van der Waals surface area contributed by atoms with Crippen LogP contribution in [0.2, 0.25) is 0 Å². The molecule has 2 heteroatoms. The van der Waals surface area contributed by atoms with Gasteiger partial charge in [0.25, 0.3) is 0 Å². The fraction of sp³-hybridized carbons (Fsp3) is 0.455. The van der Waals surface area contributed by atoms with Gasteiger partial charge < -0.3 is 10.0 Å². The number of hydrogen-bond acceptors (Lipinski definition) is 2. The molecule has 1 aliphatic rings. The maximum absolute atomic E-state index is 9.16. The fourth-order valence-corrected chi connectivity index (χ4v) is 1.98. The minimum Gasteiger partial charge on any atom is -0.394 e. The predicted octanol–water partition coefficient (Wildman–Crippen LogP) is 1.65. The molecule has 1 fully saturated rings. The predicted molar refractivity (Wildman–Crippen MR) is 53.9 cm³/mol. The van der Waals surface area contributed by atoms with Gasteiger partial charge in [-0.25, -0.2) is 0 Å². The first-order valence-corrected chi connectivity index (χ1v) is 4.84. The average Bonchev–Trinajstić information content (AvgIpc) is 2.67. The molecule has 0 aromatic heterocycles. The van der Waals surface area contributed by atoms with Crippen molar-refractivity contribution < 1.29 is 5.11 Å². The van der Waals surface area contributed by atoms with Crippen molar-refractivity contribution >= 4 is 5.69 Å². The Morgan fingerprint density at radius 2 is 2.08 bits per heavy atom. The van der Waals surface area contributed by atoms with Crippen LogP contribution in [0.15, 0.2) is 30.3 Å². The lowest BCUT2D eigenvalue weighted by atomic mass is 10.2. The van der Waals surface area contributed by atoms with Gasteiger partial charge in [0.1, 0.15) is 0 Å². The lowest BCUT2D eigenvalue weighted by Crippen LogP contribution is -2.31. The van der Waals surface area contributed by atoms with E-state index in [-0.39, 0.29) is 6.61 Å². The third kappa shape index (κ3) is 1.68. The van der Waals surface area contributed by atoms with Crippen molar-refractivity contribution in [2.75, 3.05) is 18.1 Å². The second kappa shape index (κ2) is 3.79. The van der Waals surface area contributed by atoms with E-state index in [0.717, 1.165) is 13.0 Å². The van der Waals surface area contributed by atoms with Gasteiger partial charge >= 0.3 is 0 Å². The van der Waals surface area contributed by atoms with Gasteiger partial charge in [-0.05, 0) is 25.0 Å². The highest BCUT2D eigenvalue weighted by atomic mass is 16.3. The van der Waals surface area contributed by atoms with E-state index in [0.29, 0.717) is 6.04 Å². The van der Waals surface area contributed by atoms with Gasteiger partial charge in [0.2, 0.25) is 0 Å². The average molecular weight is 177 g/mol. The van der Waals surface area contributed by atoms with Gasteiger partial charge in [-0.15, -0.1) is 0 Å². The number of aliphatic hydroxyl groups excluding tert-OH is 1. The van der Waals surface area contributed by atoms with Crippen LogP contribution in [-0.2, 0) is 0 Å². The third-order valence-corrected chi connectivity index (χ3v) is 2.68. The molecule has 13 heavy (non-hydrogen) atoms. The summed E-state index contributed by atoms with van der Waals surface area (Å²) in [6.07, 6.45) is 2.31. The van der Waals surface area contributed by atoms with Crippen LogP contribution in [0.25, 0.3) is 0 Å². The zero-order valence-electron chi connectivity index (χ0n) is 7.69. The summed E-state index contributed by atoms with van der Waals surface area (Å²) in [5, 5.41) is 9.16. The highest BCUT2D eigenvalue weighted by molar-refractivity contribution is 5.47. The maximum Gasteiger partial charge on any atom is 0.0635 e. The molecule has 0 saturated carbocycles. The van der Waals surface area contributed by atoms with Crippen LogP contribution in [0.4, 0.5) is 5.69 Å². The Balaban J connectivity index is 2.16. The first-order valence-electron chi connectivity index (χ1n) is 4.84. The molecule has 2 rings (SSSR count). The molecule has 0 radical (unpaired) electrons. The summed E-state index contributed by atoms with van der Waals surface area (Å²) < 4.78 is 0. The van der Waals surface area contributed by atoms with E-state index in [9.17, 15) is 0 Å². The molecule has 1 heterocycles. The molecule has 0 amide bonds. The molecular weight excluding hydrogens is 162 g/mol. The summed E-state index contributed by atoms with van der Waals surface area (Å²) in [4.78, 5) is 2.29. The van der Waals surface area contributed by atoms with Gasteiger partial charge in [-0.3, -0.25) is 0 Å². The molecule has 1 N–H and O–H groups in total. The molecule has 1 atom stereocenters. The number of anilines is 1. The van der Waals surface area contributed by atoms with E-state index in [2.05, 4.69) is 17.0 Å². The number of hydrogen-bond donors (Lipinski definition) is 1. The smallest absolute Gasteiger partial charge is 0.0635 e. The van der Waals surface area contributed by atoms with Gasteiger partial charge in [-0.1, -0.05) is 18.2 Å². The van der Waals surface area contributed by atoms with E-state index < -0.39 is 0 Å². The van der Waals surface area contributed by atoms with Crippen molar-refractivity contribution in [2.24, 2.45) is 0 Å². The zero-order chi connectivity index (χ0) is 9.10. The number of aliphatic hydroxyl groups is 1. The summed E-state index contributed by atoms with van der Waals surface area (Å²) in [5.41, 5.74) is 1.24. The van der Waals surface area contributed by atoms with E-state index in [4.69, 9.17) is 5.11 Å². The van der Waals surface area contributed by atoms with Crippen molar-refractivity contribution in [2.45, 2.75) is 18.9 Å². The van der Waals surface area contributed by atoms with Crippen LogP contribution >= 0.6 is 0 Å². The molecule has 70 valence electrons. The Kier molecular flexibility index (Phi) is 2.50. The molecule has 1 aromatic rings. The summed E-state index contributed by atoms with van der Waals surface area (Å²) in [6, 6.07) is 10.7. The van der Waals surface area contributed by atoms with Crippen molar-refractivity contribution in [3.63, 3.8) is 0 Å². The van der Waals surface area contributed by atoms with Gasteiger partial charge in [0, 0.05) is 12.2 Å². The standard InChI is InChI=1S/C11H15NO/c13-9-11-7-4-8-12(11)10-5-2-1-3-6-10/h1-3,5-6,11,13H,4,7-9H2.